The van der Waals surface area contributed by atoms with E-state index in [0.717, 1.165) is 32.0 Å². The summed E-state index contributed by atoms with van der Waals surface area (Å²) in [6, 6.07) is 13.5. The molecule has 0 saturated heterocycles. The maximum atomic E-state index is 11.5. The molecule has 2 N–H and O–H groups in total. The number of hydrogen-bond donors (Lipinski definition) is 2. The highest BCUT2D eigenvalue weighted by Crippen LogP contribution is 2.37. The van der Waals surface area contributed by atoms with Crippen molar-refractivity contribution in [2.24, 2.45) is 0 Å². The molecule has 112 valence electrons. The fourth-order valence-electron chi connectivity index (χ4n) is 2.30. The van der Waals surface area contributed by atoms with E-state index < -0.39 is 5.97 Å². The van der Waals surface area contributed by atoms with Crippen molar-refractivity contribution in [2.45, 2.75) is 16.7 Å². The summed E-state index contributed by atoms with van der Waals surface area (Å²) >= 11 is 1.44. The molecule has 1 aromatic heterocycles. The molecule has 0 saturated carbocycles. The van der Waals surface area contributed by atoms with Crippen molar-refractivity contribution in [3.05, 3.63) is 53.7 Å². The fourth-order valence-corrected chi connectivity index (χ4v) is 3.34. The van der Waals surface area contributed by atoms with E-state index >= 15 is 0 Å². The Balaban J connectivity index is 2.07. The molecule has 4 nitrogen and oxygen atoms in total. The second-order valence-corrected chi connectivity index (χ2v) is 6.04. The second kappa shape index (κ2) is 5.77. The zero-order valence-electron chi connectivity index (χ0n) is 12.2. The topological polar surface area (TPSA) is 62.3 Å². The van der Waals surface area contributed by atoms with Crippen LogP contribution in [0.3, 0.4) is 0 Å². The van der Waals surface area contributed by atoms with Crippen molar-refractivity contribution in [3.63, 3.8) is 0 Å². The summed E-state index contributed by atoms with van der Waals surface area (Å²) in [5, 5.41) is 10.4. The van der Waals surface area contributed by atoms with Crippen molar-refractivity contribution < 1.29 is 14.6 Å². The van der Waals surface area contributed by atoms with Gasteiger partial charge in [-0.2, -0.15) is 0 Å². The first-order chi connectivity index (χ1) is 10.6. The molecule has 0 atom stereocenters. The van der Waals surface area contributed by atoms with Gasteiger partial charge in [0.25, 0.3) is 0 Å². The van der Waals surface area contributed by atoms with Gasteiger partial charge in [-0.05, 0) is 42.8 Å². The molecular weight excluding hydrogens is 298 g/mol. The van der Waals surface area contributed by atoms with E-state index in [-0.39, 0.29) is 5.69 Å². The van der Waals surface area contributed by atoms with Crippen LogP contribution in [0, 0.1) is 6.92 Å². The van der Waals surface area contributed by atoms with Gasteiger partial charge in [-0.15, -0.1) is 0 Å². The number of fused-ring (bicyclic) bond motifs is 1. The Morgan fingerprint density at radius 3 is 2.55 bits per heavy atom. The molecule has 3 rings (SSSR count). The maximum absolute atomic E-state index is 11.5. The number of carboxylic acid groups (broad SMARTS) is 1. The second-order valence-electron chi connectivity index (χ2n) is 4.96. The van der Waals surface area contributed by atoms with Crippen LogP contribution in [0.25, 0.3) is 10.9 Å². The zero-order chi connectivity index (χ0) is 15.7. The van der Waals surface area contributed by atoms with Gasteiger partial charge >= 0.3 is 5.97 Å². The minimum Gasteiger partial charge on any atom is -0.497 e. The number of carbonyl (C=O) groups is 1. The first-order valence-electron chi connectivity index (χ1n) is 6.76. The standard InChI is InChI=1S/C17H15NO3S/c1-10-3-8-13-14(9-10)18-15(17(19)20)16(13)22-12-6-4-11(21-2)5-7-12/h3-9,18H,1-2H3,(H,19,20). The lowest BCUT2D eigenvalue weighted by Gasteiger charge is -2.04. The fraction of sp³-hybridized carbons (Fsp3) is 0.118. The number of aromatic nitrogens is 1. The number of hydrogen-bond acceptors (Lipinski definition) is 3. The van der Waals surface area contributed by atoms with Gasteiger partial charge in [-0.3, -0.25) is 0 Å². The first kappa shape index (κ1) is 14.5. The van der Waals surface area contributed by atoms with E-state index in [9.17, 15) is 9.90 Å². The van der Waals surface area contributed by atoms with Gasteiger partial charge in [0.1, 0.15) is 11.4 Å². The molecule has 1 heterocycles. The Morgan fingerprint density at radius 2 is 1.91 bits per heavy atom. The average Bonchev–Trinajstić information content (AvgIpc) is 2.86. The van der Waals surface area contributed by atoms with Crippen molar-refractivity contribution in [2.75, 3.05) is 7.11 Å². The molecule has 0 fully saturated rings. The number of aryl methyl sites for hydroxylation is 1. The molecule has 0 unspecified atom stereocenters. The summed E-state index contributed by atoms with van der Waals surface area (Å²) < 4.78 is 5.14. The van der Waals surface area contributed by atoms with Gasteiger partial charge in [0, 0.05) is 15.8 Å². The smallest absolute Gasteiger partial charge is 0.353 e. The summed E-state index contributed by atoms with van der Waals surface area (Å²) in [4.78, 5) is 16.2. The maximum Gasteiger partial charge on any atom is 0.353 e. The predicted octanol–water partition coefficient (Wildman–Crippen LogP) is 4.33. The number of aromatic amines is 1. The third-order valence-electron chi connectivity index (χ3n) is 3.40. The van der Waals surface area contributed by atoms with Crippen LogP contribution in [0.2, 0.25) is 0 Å². The highest BCUT2D eigenvalue weighted by Gasteiger charge is 2.18. The number of benzene rings is 2. The van der Waals surface area contributed by atoms with Crippen LogP contribution in [-0.4, -0.2) is 23.2 Å². The van der Waals surface area contributed by atoms with Crippen LogP contribution in [0.1, 0.15) is 16.1 Å². The zero-order valence-corrected chi connectivity index (χ0v) is 13.0. The number of aromatic carboxylic acids is 1. The van der Waals surface area contributed by atoms with Gasteiger partial charge in [0.15, 0.2) is 0 Å². The highest BCUT2D eigenvalue weighted by atomic mass is 32.2. The monoisotopic (exact) mass is 313 g/mol. The van der Waals surface area contributed by atoms with Gasteiger partial charge in [-0.1, -0.05) is 23.9 Å². The molecule has 2 aromatic carbocycles. The van der Waals surface area contributed by atoms with E-state index in [1.54, 1.807) is 7.11 Å². The summed E-state index contributed by atoms with van der Waals surface area (Å²) in [6.07, 6.45) is 0. The number of H-pyrrole nitrogens is 1. The molecule has 0 aliphatic rings. The van der Waals surface area contributed by atoms with Crippen molar-refractivity contribution in [1.82, 2.24) is 4.98 Å². The predicted molar refractivity (Wildman–Crippen MR) is 87.1 cm³/mol. The average molecular weight is 313 g/mol. The van der Waals surface area contributed by atoms with Crippen molar-refractivity contribution in [1.29, 1.82) is 0 Å². The van der Waals surface area contributed by atoms with Gasteiger partial charge in [0.2, 0.25) is 0 Å². The van der Waals surface area contributed by atoms with Gasteiger partial charge < -0.3 is 14.8 Å². The molecule has 0 bridgehead atoms. The Labute approximate surface area is 132 Å². The summed E-state index contributed by atoms with van der Waals surface area (Å²) in [5.74, 6) is -0.178. The van der Waals surface area contributed by atoms with E-state index in [4.69, 9.17) is 4.74 Å². The van der Waals surface area contributed by atoms with Crippen LogP contribution in [0.4, 0.5) is 0 Å². The molecule has 3 aromatic rings. The Kier molecular flexibility index (Phi) is 3.81. The van der Waals surface area contributed by atoms with Crippen LogP contribution in [-0.2, 0) is 0 Å². The molecule has 0 aliphatic carbocycles. The molecule has 0 spiro atoms. The number of nitrogens with one attached hydrogen (secondary N) is 1. The highest BCUT2D eigenvalue weighted by molar-refractivity contribution is 7.99. The molecular formula is C17H15NO3S. The van der Waals surface area contributed by atoms with Gasteiger partial charge in [0.05, 0.1) is 12.0 Å². The van der Waals surface area contributed by atoms with E-state index in [2.05, 4.69) is 4.98 Å². The first-order valence-corrected chi connectivity index (χ1v) is 7.57. The van der Waals surface area contributed by atoms with Crippen molar-refractivity contribution in [3.8, 4) is 5.75 Å². The van der Waals surface area contributed by atoms with Crippen LogP contribution < -0.4 is 4.74 Å². The molecule has 0 radical (unpaired) electrons. The summed E-state index contributed by atoms with van der Waals surface area (Å²) in [7, 11) is 1.62. The minimum atomic E-state index is -0.954. The third kappa shape index (κ3) is 2.67. The lowest BCUT2D eigenvalue weighted by molar-refractivity contribution is 0.0688. The van der Waals surface area contributed by atoms with Gasteiger partial charge in [-0.25, -0.2) is 4.79 Å². The molecule has 0 amide bonds. The summed E-state index contributed by atoms with van der Waals surface area (Å²) in [6.45, 7) is 1.98. The minimum absolute atomic E-state index is 0.224. The third-order valence-corrected chi connectivity index (χ3v) is 4.54. The summed E-state index contributed by atoms with van der Waals surface area (Å²) in [5.41, 5.74) is 2.15. The van der Waals surface area contributed by atoms with E-state index in [0.29, 0.717) is 0 Å². The van der Waals surface area contributed by atoms with Crippen LogP contribution >= 0.6 is 11.8 Å². The lowest BCUT2D eigenvalue weighted by Crippen LogP contribution is -1.97. The molecule has 0 aliphatic heterocycles. The van der Waals surface area contributed by atoms with E-state index in [1.807, 2.05) is 49.4 Å². The number of methoxy groups -OCH3 is 1. The molecule has 22 heavy (non-hydrogen) atoms. The molecule has 5 heteroatoms. The number of carboxylic acids is 1. The Hall–Kier alpha value is -2.40. The number of rotatable bonds is 4. The largest absolute Gasteiger partial charge is 0.497 e. The van der Waals surface area contributed by atoms with E-state index in [1.165, 1.54) is 11.8 Å². The quantitative estimate of drug-likeness (QED) is 0.752. The van der Waals surface area contributed by atoms with Crippen molar-refractivity contribution >= 4 is 28.6 Å². The van der Waals surface area contributed by atoms with Crippen LogP contribution in [0.5, 0.6) is 5.75 Å². The lowest BCUT2D eigenvalue weighted by atomic mass is 10.2. The SMILES string of the molecule is COc1ccc(Sc2c(C(=O)O)[nH]c3cc(C)ccc23)cc1. The Morgan fingerprint density at radius 1 is 1.18 bits per heavy atom. The van der Waals surface area contributed by atoms with Crippen LogP contribution in [0.15, 0.2) is 52.3 Å². The number of ether oxygens (including phenoxy) is 1. The Bertz CT molecular complexity index is 837. The normalized spacial score (nSPS) is 10.8.